The SMILES string of the molecule is O=C(CCNC(=O)c1ccccc1)NN=Cc1ccccc1. The minimum Gasteiger partial charge on any atom is -0.352 e. The molecule has 22 heavy (non-hydrogen) atoms. The van der Waals surface area contributed by atoms with Gasteiger partial charge in [0.1, 0.15) is 0 Å². The fourth-order valence-corrected chi connectivity index (χ4v) is 1.75. The predicted octanol–water partition coefficient (Wildman–Crippen LogP) is 1.96. The van der Waals surface area contributed by atoms with Gasteiger partial charge in [-0.15, -0.1) is 0 Å². The van der Waals surface area contributed by atoms with Gasteiger partial charge in [0.15, 0.2) is 0 Å². The van der Waals surface area contributed by atoms with Crippen molar-refractivity contribution in [3.8, 4) is 0 Å². The fraction of sp³-hybridized carbons (Fsp3) is 0.118. The van der Waals surface area contributed by atoms with E-state index in [2.05, 4.69) is 15.8 Å². The van der Waals surface area contributed by atoms with E-state index in [0.29, 0.717) is 5.56 Å². The van der Waals surface area contributed by atoms with Crippen LogP contribution in [-0.4, -0.2) is 24.6 Å². The molecule has 0 aliphatic heterocycles. The van der Waals surface area contributed by atoms with Crippen LogP contribution in [0.1, 0.15) is 22.3 Å². The first-order valence-electron chi connectivity index (χ1n) is 6.96. The molecule has 5 heteroatoms. The summed E-state index contributed by atoms with van der Waals surface area (Å²) >= 11 is 0. The summed E-state index contributed by atoms with van der Waals surface area (Å²) in [4.78, 5) is 23.3. The summed E-state index contributed by atoms with van der Waals surface area (Å²) in [6.07, 6.45) is 1.74. The molecule has 0 spiro atoms. The topological polar surface area (TPSA) is 70.6 Å². The van der Waals surface area contributed by atoms with E-state index in [0.717, 1.165) is 5.56 Å². The maximum absolute atomic E-state index is 11.8. The lowest BCUT2D eigenvalue weighted by atomic mass is 10.2. The monoisotopic (exact) mass is 295 g/mol. The van der Waals surface area contributed by atoms with Crippen LogP contribution in [0, 0.1) is 0 Å². The molecule has 0 saturated carbocycles. The van der Waals surface area contributed by atoms with E-state index in [9.17, 15) is 9.59 Å². The van der Waals surface area contributed by atoms with Crippen LogP contribution < -0.4 is 10.7 Å². The van der Waals surface area contributed by atoms with Gasteiger partial charge in [0.2, 0.25) is 5.91 Å². The van der Waals surface area contributed by atoms with E-state index in [4.69, 9.17) is 0 Å². The van der Waals surface area contributed by atoms with Crippen molar-refractivity contribution in [3.05, 3.63) is 71.8 Å². The number of nitrogens with one attached hydrogen (secondary N) is 2. The van der Waals surface area contributed by atoms with E-state index in [1.165, 1.54) is 0 Å². The zero-order valence-corrected chi connectivity index (χ0v) is 12.0. The molecule has 0 unspecified atom stereocenters. The van der Waals surface area contributed by atoms with Crippen LogP contribution in [0.4, 0.5) is 0 Å². The van der Waals surface area contributed by atoms with Gasteiger partial charge in [-0.2, -0.15) is 5.10 Å². The van der Waals surface area contributed by atoms with Crippen molar-refractivity contribution in [2.24, 2.45) is 5.10 Å². The molecule has 0 aromatic heterocycles. The number of hydrazone groups is 1. The Morgan fingerprint density at radius 2 is 1.59 bits per heavy atom. The average molecular weight is 295 g/mol. The van der Waals surface area contributed by atoms with Crippen LogP contribution in [0.25, 0.3) is 0 Å². The molecule has 2 amide bonds. The summed E-state index contributed by atoms with van der Waals surface area (Å²) < 4.78 is 0. The molecule has 0 bridgehead atoms. The maximum Gasteiger partial charge on any atom is 0.251 e. The Bertz CT molecular complexity index is 639. The Morgan fingerprint density at radius 3 is 2.27 bits per heavy atom. The molecule has 0 aliphatic carbocycles. The van der Waals surface area contributed by atoms with Crippen LogP contribution in [0.2, 0.25) is 0 Å². The number of nitrogens with zero attached hydrogens (tertiary/aromatic N) is 1. The van der Waals surface area contributed by atoms with Crippen molar-refractivity contribution < 1.29 is 9.59 Å². The molecule has 0 radical (unpaired) electrons. The molecule has 2 N–H and O–H groups in total. The minimum absolute atomic E-state index is 0.171. The van der Waals surface area contributed by atoms with Gasteiger partial charge in [0, 0.05) is 18.5 Å². The van der Waals surface area contributed by atoms with Gasteiger partial charge in [-0.05, 0) is 17.7 Å². The number of carbonyl (C=O) groups is 2. The van der Waals surface area contributed by atoms with E-state index in [-0.39, 0.29) is 24.8 Å². The molecule has 0 saturated heterocycles. The van der Waals surface area contributed by atoms with Gasteiger partial charge in [-0.1, -0.05) is 48.5 Å². The molecule has 2 rings (SSSR count). The van der Waals surface area contributed by atoms with Crippen molar-refractivity contribution in [3.63, 3.8) is 0 Å². The van der Waals surface area contributed by atoms with Crippen molar-refractivity contribution in [2.45, 2.75) is 6.42 Å². The van der Waals surface area contributed by atoms with E-state index < -0.39 is 0 Å². The lowest BCUT2D eigenvalue weighted by Crippen LogP contribution is -2.28. The molecule has 2 aromatic carbocycles. The molecule has 112 valence electrons. The summed E-state index contributed by atoms with van der Waals surface area (Å²) in [6, 6.07) is 18.3. The Kier molecular flexibility index (Phi) is 5.87. The highest BCUT2D eigenvalue weighted by atomic mass is 16.2. The third kappa shape index (κ3) is 5.20. The van der Waals surface area contributed by atoms with Gasteiger partial charge < -0.3 is 5.32 Å². The number of hydrogen-bond donors (Lipinski definition) is 2. The molecule has 0 fully saturated rings. The molecule has 5 nitrogen and oxygen atoms in total. The van der Waals surface area contributed by atoms with E-state index >= 15 is 0 Å². The zero-order chi connectivity index (χ0) is 15.6. The highest BCUT2D eigenvalue weighted by Crippen LogP contribution is 1.97. The number of hydrogen-bond acceptors (Lipinski definition) is 3. The first kappa shape index (κ1) is 15.4. The number of rotatable bonds is 6. The van der Waals surface area contributed by atoms with Gasteiger partial charge in [-0.3, -0.25) is 9.59 Å². The number of benzene rings is 2. The summed E-state index contributed by atoms with van der Waals surface area (Å²) in [5.41, 5.74) is 3.90. The standard InChI is InChI=1S/C17H17N3O2/c21-16(20-19-13-14-7-3-1-4-8-14)11-12-18-17(22)15-9-5-2-6-10-15/h1-10,13H,11-12H2,(H,18,22)(H,20,21). The van der Waals surface area contributed by atoms with Crippen LogP contribution in [0.15, 0.2) is 65.8 Å². The average Bonchev–Trinajstić information content (AvgIpc) is 2.56. The number of amides is 2. The lowest BCUT2D eigenvalue weighted by molar-refractivity contribution is -0.120. The summed E-state index contributed by atoms with van der Waals surface area (Å²) in [6.45, 7) is 0.264. The molecule has 0 atom stereocenters. The van der Waals surface area contributed by atoms with E-state index in [1.807, 2.05) is 36.4 Å². The van der Waals surface area contributed by atoms with Crippen LogP contribution in [0.3, 0.4) is 0 Å². The smallest absolute Gasteiger partial charge is 0.251 e. The quantitative estimate of drug-likeness (QED) is 0.631. The van der Waals surface area contributed by atoms with Gasteiger partial charge in [-0.25, -0.2) is 5.43 Å². The minimum atomic E-state index is -0.249. The second-order valence-corrected chi connectivity index (χ2v) is 4.58. The van der Waals surface area contributed by atoms with Crippen molar-refractivity contribution in [2.75, 3.05) is 6.54 Å². The second kappa shape index (κ2) is 8.36. The molecular formula is C17H17N3O2. The Morgan fingerprint density at radius 1 is 0.955 bits per heavy atom. The molecule has 2 aromatic rings. The normalized spacial score (nSPS) is 10.4. The molecular weight excluding hydrogens is 278 g/mol. The molecule has 0 aliphatic rings. The Labute approximate surface area is 129 Å². The van der Waals surface area contributed by atoms with Gasteiger partial charge >= 0.3 is 0 Å². The second-order valence-electron chi connectivity index (χ2n) is 4.58. The van der Waals surface area contributed by atoms with Gasteiger partial charge in [0.25, 0.3) is 5.91 Å². The van der Waals surface area contributed by atoms with Gasteiger partial charge in [0.05, 0.1) is 6.21 Å². The summed E-state index contributed by atoms with van der Waals surface area (Å²) in [5.74, 6) is -0.443. The highest BCUT2D eigenvalue weighted by molar-refractivity contribution is 5.94. The van der Waals surface area contributed by atoms with Crippen LogP contribution in [0.5, 0.6) is 0 Å². The third-order valence-corrected chi connectivity index (χ3v) is 2.88. The predicted molar refractivity (Wildman–Crippen MR) is 85.6 cm³/mol. The first-order chi connectivity index (χ1) is 10.8. The third-order valence-electron chi connectivity index (χ3n) is 2.88. The molecule has 0 heterocycles. The zero-order valence-electron chi connectivity index (χ0n) is 12.0. The summed E-state index contributed by atoms with van der Waals surface area (Å²) in [5, 5.41) is 6.55. The Hall–Kier alpha value is -2.95. The number of carbonyl (C=O) groups excluding carboxylic acids is 2. The summed E-state index contributed by atoms with van der Waals surface area (Å²) in [7, 11) is 0. The Balaban J connectivity index is 1.68. The fourth-order valence-electron chi connectivity index (χ4n) is 1.75. The van der Waals surface area contributed by atoms with E-state index in [1.54, 1.807) is 30.5 Å². The van der Waals surface area contributed by atoms with Crippen molar-refractivity contribution >= 4 is 18.0 Å². The largest absolute Gasteiger partial charge is 0.352 e. The lowest BCUT2D eigenvalue weighted by Gasteiger charge is -2.04. The highest BCUT2D eigenvalue weighted by Gasteiger charge is 2.05. The van der Waals surface area contributed by atoms with Crippen molar-refractivity contribution in [1.82, 2.24) is 10.7 Å². The van der Waals surface area contributed by atoms with Crippen molar-refractivity contribution in [1.29, 1.82) is 0 Å². The van der Waals surface area contributed by atoms with Crippen LogP contribution in [-0.2, 0) is 4.79 Å². The van der Waals surface area contributed by atoms with Crippen LogP contribution >= 0.6 is 0 Å². The first-order valence-corrected chi connectivity index (χ1v) is 6.96. The maximum atomic E-state index is 11.8.